The molecule has 6 nitrogen and oxygen atoms in total. The Morgan fingerprint density at radius 2 is 2.10 bits per heavy atom. The smallest absolute Gasteiger partial charge is 0.318 e. The van der Waals surface area contributed by atoms with Gasteiger partial charge in [-0.15, -0.1) is 11.3 Å². The molecule has 29 heavy (non-hydrogen) atoms. The number of thiophene rings is 1. The van der Waals surface area contributed by atoms with Crippen molar-refractivity contribution in [2.75, 3.05) is 0 Å². The molecule has 2 amide bonds. The molecule has 1 N–H and O–H groups in total. The highest BCUT2D eigenvalue weighted by Gasteiger charge is 2.20. The number of hydrogen-bond acceptors (Lipinski definition) is 5. The molecule has 0 unspecified atom stereocenters. The lowest BCUT2D eigenvalue weighted by Crippen LogP contribution is -2.38. The number of rotatable bonds is 8. The average molecular weight is 412 g/mol. The molecule has 0 spiro atoms. The molecule has 1 aliphatic carbocycles. The fraction of sp³-hybridized carbons (Fsp3) is 0.364. The molecule has 7 heteroatoms. The van der Waals surface area contributed by atoms with Crippen LogP contribution in [0.1, 0.15) is 41.9 Å². The molecule has 152 valence electrons. The number of pyridine rings is 1. The molecular weight excluding hydrogens is 386 g/mol. The number of carbonyl (C=O) groups is 1. The zero-order valence-corrected chi connectivity index (χ0v) is 17.1. The van der Waals surface area contributed by atoms with E-state index in [9.17, 15) is 4.79 Å². The van der Waals surface area contributed by atoms with E-state index in [0.717, 1.165) is 29.0 Å². The molecular formula is C22H25N3O3S. The van der Waals surface area contributed by atoms with Crippen LogP contribution in [0.3, 0.4) is 0 Å². The number of amides is 2. The molecule has 0 atom stereocenters. The second-order valence-electron chi connectivity index (χ2n) is 7.17. The molecule has 3 heterocycles. The van der Waals surface area contributed by atoms with Crippen LogP contribution < -0.4 is 10.1 Å². The molecule has 0 aromatic carbocycles. The summed E-state index contributed by atoms with van der Waals surface area (Å²) in [5.74, 6) is 1.37. The summed E-state index contributed by atoms with van der Waals surface area (Å²) in [6, 6.07) is 11.4. The zero-order valence-electron chi connectivity index (χ0n) is 16.3. The fourth-order valence-corrected chi connectivity index (χ4v) is 4.21. The van der Waals surface area contributed by atoms with Crippen LogP contribution in [0, 0.1) is 0 Å². The van der Waals surface area contributed by atoms with E-state index in [-0.39, 0.29) is 12.1 Å². The summed E-state index contributed by atoms with van der Waals surface area (Å²) in [4.78, 5) is 20.2. The number of furan rings is 1. The summed E-state index contributed by atoms with van der Waals surface area (Å²) >= 11 is 1.63. The van der Waals surface area contributed by atoms with E-state index in [1.165, 1.54) is 12.8 Å². The Hall–Kier alpha value is -2.80. The van der Waals surface area contributed by atoms with Gasteiger partial charge in [0.1, 0.15) is 11.9 Å². The van der Waals surface area contributed by atoms with E-state index >= 15 is 0 Å². The Kier molecular flexibility index (Phi) is 6.46. The van der Waals surface area contributed by atoms with Crippen molar-refractivity contribution in [3.8, 4) is 5.88 Å². The van der Waals surface area contributed by atoms with Crippen molar-refractivity contribution in [1.82, 2.24) is 15.2 Å². The number of carbonyl (C=O) groups excluding carboxylic acids is 1. The number of aromatic nitrogens is 1. The van der Waals surface area contributed by atoms with E-state index < -0.39 is 0 Å². The molecule has 1 aliphatic rings. The molecule has 3 aromatic rings. The SMILES string of the molecule is O=C(NCc1cccnc1OC1CCCC1)N(Cc1ccco1)Cc1cccs1. The summed E-state index contributed by atoms with van der Waals surface area (Å²) in [5, 5.41) is 5.03. The summed E-state index contributed by atoms with van der Waals surface area (Å²) < 4.78 is 11.5. The van der Waals surface area contributed by atoms with Crippen LogP contribution in [-0.4, -0.2) is 22.0 Å². The van der Waals surface area contributed by atoms with E-state index in [2.05, 4.69) is 10.3 Å². The van der Waals surface area contributed by atoms with E-state index in [4.69, 9.17) is 9.15 Å². The van der Waals surface area contributed by atoms with Gasteiger partial charge in [0.2, 0.25) is 5.88 Å². The summed E-state index contributed by atoms with van der Waals surface area (Å²) in [6.07, 6.45) is 8.13. The Morgan fingerprint density at radius 3 is 2.86 bits per heavy atom. The van der Waals surface area contributed by atoms with Crippen LogP contribution in [0.4, 0.5) is 4.79 Å². The third-order valence-electron chi connectivity index (χ3n) is 5.00. The number of nitrogens with one attached hydrogen (secondary N) is 1. The van der Waals surface area contributed by atoms with Gasteiger partial charge in [-0.3, -0.25) is 0 Å². The monoisotopic (exact) mass is 411 g/mol. The van der Waals surface area contributed by atoms with Crippen LogP contribution in [0.5, 0.6) is 5.88 Å². The predicted molar refractivity (Wildman–Crippen MR) is 112 cm³/mol. The van der Waals surface area contributed by atoms with Crippen LogP contribution in [0.25, 0.3) is 0 Å². The third-order valence-corrected chi connectivity index (χ3v) is 5.86. The van der Waals surface area contributed by atoms with Gasteiger partial charge in [-0.05, 0) is 55.3 Å². The van der Waals surface area contributed by atoms with Crippen LogP contribution in [-0.2, 0) is 19.6 Å². The van der Waals surface area contributed by atoms with Crippen molar-refractivity contribution in [3.63, 3.8) is 0 Å². The molecule has 0 aliphatic heterocycles. The average Bonchev–Trinajstić information content (AvgIpc) is 3.51. The van der Waals surface area contributed by atoms with E-state index in [0.29, 0.717) is 25.5 Å². The van der Waals surface area contributed by atoms with E-state index in [1.807, 2.05) is 41.8 Å². The largest absolute Gasteiger partial charge is 0.474 e. The maximum absolute atomic E-state index is 12.9. The van der Waals surface area contributed by atoms with Crippen molar-refractivity contribution in [1.29, 1.82) is 0 Å². The first-order chi connectivity index (χ1) is 14.3. The van der Waals surface area contributed by atoms with Crippen LogP contribution >= 0.6 is 11.3 Å². The summed E-state index contributed by atoms with van der Waals surface area (Å²) in [7, 11) is 0. The first-order valence-corrected chi connectivity index (χ1v) is 10.8. The lowest BCUT2D eigenvalue weighted by Gasteiger charge is -2.22. The molecule has 1 fully saturated rings. The van der Waals surface area contributed by atoms with Crippen molar-refractivity contribution in [2.24, 2.45) is 0 Å². The second-order valence-corrected chi connectivity index (χ2v) is 8.20. The highest BCUT2D eigenvalue weighted by molar-refractivity contribution is 7.09. The predicted octanol–water partition coefficient (Wildman–Crippen LogP) is 4.97. The maximum Gasteiger partial charge on any atom is 0.318 e. The second kappa shape index (κ2) is 9.60. The number of ether oxygens (including phenoxy) is 1. The number of urea groups is 1. The molecule has 4 rings (SSSR count). The molecule has 1 saturated carbocycles. The summed E-state index contributed by atoms with van der Waals surface area (Å²) in [6.45, 7) is 1.31. The van der Waals surface area contributed by atoms with Gasteiger partial charge in [0.15, 0.2) is 0 Å². The van der Waals surface area contributed by atoms with E-state index in [1.54, 1.807) is 28.7 Å². The summed E-state index contributed by atoms with van der Waals surface area (Å²) in [5.41, 5.74) is 0.891. The van der Waals surface area contributed by atoms with Gasteiger partial charge in [0.25, 0.3) is 0 Å². The van der Waals surface area contributed by atoms with Crippen molar-refractivity contribution >= 4 is 17.4 Å². The Morgan fingerprint density at radius 1 is 1.21 bits per heavy atom. The fourth-order valence-electron chi connectivity index (χ4n) is 3.49. The molecule has 0 saturated heterocycles. The highest BCUT2D eigenvalue weighted by atomic mass is 32.1. The Labute approximate surface area is 174 Å². The maximum atomic E-state index is 12.9. The molecule has 0 bridgehead atoms. The number of nitrogens with zero attached hydrogens (tertiary/aromatic N) is 2. The first kappa shape index (κ1) is 19.5. The van der Waals surface area contributed by atoms with Gasteiger partial charge in [-0.25, -0.2) is 9.78 Å². The van der Waals surface area contributed by atoms with Crippen LogP contribution in [0.2, 0.25) is 0 Å². The van der Waals surface area contributed by atoms with Crippen molar-refractivity contribution in [3.05, 3.63) is 70.4 Å². The minimum atomic E-state index is -0.148. The minimum Gasteiger partial charge on any atom is -0.474 e. The van der Waals surface area contributed by atoms with Gasteiger partial charge in [-0.1, -0.05) is 12.1 Å². The molecule has 3 aromatic heterocycles. The minimum absolute atomic E-state index is 0.148. The Balaban J connectivity index is 1.41. The van der Waals surface area contributed by atoms with Gasteiger partial charge in [0.05, 0.1) is 19.4 Å². The quantitative estimate of drug-likeness (QED) is 0.568. The third kappa shape index (κ3) is 5.38. The zero-order chi connectivity index (χ0) is 19.9. The highest BCUT2D eigenvalue weighted by Crippen LogP contribution is 2.25. The van der Waals surface area contributed by atoms with Crippen molar-refractivity contribution < 1.29 is 13.9 Å². The van der Waals surface area contributed by atoms with Gasteiger partial charge >= 0.3 is 6.03 Å². The van der Waals surface area contributed by atoms with Crippen LogP contribution in [0.15, 0.2) is 58.7 Å². The van der Waals surface area contributed by atoms with Gasteiger partial charge < -0.3 is 19.4 Å². The van der Waals surface area contributed by atoms with Gasteiger partial charge in [-0.2, -0.15) is 0 Å². The first-order valence-electron chi connectivity index (χ1n) is 9.96. The topological polar surface area (TPSA) is 67.6 Å². The van der Waals surface area contributed by atoms with Gasteiger partial charge in [0, 0.05) is 23.2 Å². The standard InChI is InChI=1S/C22H25N3O3S/c26-22(25(15-19-9-4-12-27-19)16-20-10-5-13-29-20)24-14-17-6-3-11-23-21(17)28-18-7-1-2-8-18/h3-6,9-13,18H,1-2,7-8,14-16H2,(H,24,26). The van der Waals surface area contributed by atoms with Crippen molar-refractivity contribution in [2.45, 2.75) is 51.4 Å². The Bertz CT molecular complexity index is 854. The lowest BCUT2D eigenvalue weighted by molar-refractivity contribution is 0.185. The lowest BCUT2D eigenvalue weighted by atomic mass is 10.2. The molecule has 0 radical (unpaired) electrons. The number of hydrogen-bond donors (Lipinski definition) is 1. The normalized spacial score (nSPS) is 14.1.